The van der Waals surface area contributed by atoms with Gasteiger partial charge in [-0.3, -0.25) is 4.79 Å². The van der Waals surface area contributed by atoms with Crippen LogP contribution < -0.4 is 5.32 Å². The number of Topliss-reactive ketones (excluding diaryl/α,β-unsaturated/α-hetero) is 1. The molecule has 2 heterocycles. The summed E-state index contributed by atoms with van der Waals surface area (Å²) in [5, 5.41) is 13.5. The molecule has 1 aliphatic rings. The molecule has 150 valence electrons. The molecule has 0 fully saturated rings. The fourth-order valence-electron chi connectivity index (χ4n) is 3.86. The van der Waals surface area contributed by atoms with E-state index in [4.69, 9.17) is 4.98 Å². The molecule has 0 saturated heterocycles. The molecule has 0 atom stereocenters. The third-order valence-corrected chi connectivity index (χ3v) is 5.51. The Morgan fingerprint density at radius 3 is 2.60 bits per heavy atom. The van der Waals surface area contributed by atoms with Crippen molar-refractivity contribution in [1.82, 2.24) is 14.4 Å². The lowest BCUT2D eigenvalue weighted by Crippen LogP contribution is -2.15. The van der Waals surface area contributed by atoms with Crippen LogP contribution in [0.1, 0.15) is 30.5 Å². The zero-order chi connectivity index (χ0) is 20.9. The molecule has 0 amide bonds. The van der Waals surface area contributed by atoms with Crippen molar-refractivity contribution in [2.45, 2.75) is 32.3 Å². The van der Waals surface area contributed by atoms with Crippen LogP contribution in [0.15, 0.2) is 61.1 Å². The summed E-state index contributed by atoms with van der Waals surface area (Å²) in [6.07, 6.45) is 6.60. The molecule has 2 N–H and O–H groups in total. The molecule has 6 heteroatoms. The predicted octanol–water partition coefficient (Wildman–Crippen LogP) is 4.04. The number of nitrogens with zero attached hydrogens (tertiary/aromatic N) is 3. The van der Waals surface area contributed by atoms with Crippen molar-refractivity contribution in [2.24, 2.45) is 0 Å². The van der Waals surface area contributed by atoms with E-state index in [1.165, 1.54) is 0 Å². The molecule has 4 aromatic rings. The molecule has 5 rings (SSSR count). The lowest BCUT2D eigenvalue weighted by molar-refractivity contribution is -0.117. The smallest absolute Gasteiger partial charge is 0.180 e. The molecular weight excluding hydrogens is 376 g/mol. The number of carbonyl (C=O) groups excluding carboxylic acids is 1. The SMILES string of the molecule is CC(C)(O)c1ccc(Nc2nc(-c3ccc4c(c3)CC(=O)C4)cn3ccnc23)cc1. The number of aromatic nitrogens is 3. The summed E-state index contributed by atoms with van der Waals surface area (Å²) in [7, 11) is 0. The van der Waals surface area contributed by atoms with Crippen LogP contribution in [0.2, 0.25) is 0 Å². The average molecular weight is 398 g/mol. The third-order valence-electron chi connectivity index (χ3n) is 5.51. The number of fused-ring (bicyclic) bond motifs is 2. The van der Waals surface area contributed by atoms with Gasteiger partial charge in [0.05, 0.1) is 11.3 Å². The summed E-state index contributed by atoms with van der Waals surface area (Å²) in [5.74, 6) is 0.905. The van der Waals surface area contributed by atoms with E-state index in [0.29, 0.717) is 18.7 Å². The summed E-state index contributed by atoms with van der Waals surface area (Å²) in [6.45, 7) is 3.53. The minimum atomic E-state index is -0.887. The third kappa shape index (κ3) is 3.35. The van der Waals surface area contributed by atoms with Gasteiger partial charge in [0.25, 0.3) is 0 Å². The first-order valence-electron chi connectivity index (χ1n) is 9.94. The fraction of sp³-hybridized carbons (Fsp3) is 0.208. The van der Waals surface area contributed by atoms with Gasteiger partial charge in [-0.05, 0) is 48.7 Å². The minimum absolute atomic E-state index is 0.261. The summed E-state index contributed by atoms with van der Waals surface area (Å²) in [4.78, 5) is 21.0. The van der Waals surface area contributed by atoms with Gasteiger partial charge in [-0.15, -0.1) is 0 Å². The number of nitrogens with one attached hydrogen (secondary N) is 1. The van der Waals surface area contributed by atoms with Gasteiger partial charge < -0.3 is 14.8 Å². The molecule has 0 aliphatic heterocycles. The fourth-order valence-corrected chi connectivity index (χ4v) is 3.86. The van der Waals surface area contributed by atoms with Crippen LogP contribution in [0.4, 0.5) is 11.5 Å². The van der Waals surface area contributed by atoms with Crippen molar-refractivity contribution in [3.8, 4) is 11.3 Å². The van der Waals surface area contributed by atoms with E-state index in [9.17, 15) is 9.90 Å². The normalized spacial score (nSPS) is 13.6. The highest BCUT2D eigenvalue weighted by Gasteiger charge is 2.20. The van der Waals surface area contributed by atoms with E-state index in [2.05, 4.69) is 16.4 Å². The van der Waals surface area contributed by atoms with Crippen LogP contribution >= 0.6 is 0 Å². The predicted molar refractivity (Wildman–Crippen MR) is 116 cm³/mol. The van der Waals surface area contributed by atoms with Crippen molar-refractivity contribution in [1.29, 1.82) is 0 Å². The van der Waals surface area contributed by atoms with Crippen molar-refractivity contribution in [2.75, 3.05) is 5.32 Å². The van der Waals surface area contributed by atoms with Crippen LogP contribution in [0.5, 0.6) is 0 Å². The molecule has 6 nitrogen and oxygen atoms in total. The zero-order valence-electron chi connectivity index (χ0n) is 16.9. The number of benzene rings is 2. The summed E-state index contributed by atoms with van der Waals surface area (Å²) in [5.41, 5.74) is 5.51. The number of rotatable bonds is 4. The Morgan fingerprint density at radius 2 is 1.83 bits per heavy atom. The van der Waals surface area contributed by atoms with Crippen LogP contribution in [0.3, 0.4) is 0 Å². The van der Waals surface area contributed by atoms with Gasteiger partial charge in [-0.25, -0.2) is 9.97 Å². The van der Waals surface area contributed by atoms with Gasteiger partial charge in [0.15, 0.2) is 11.5 Å². The Hall–Kier alpha value is -3.51. The monoisotopic (exact) mass is 398 g/mol. The quantitative estimate of drug-likeness (QED) is 0.542. The van der Waals surface area contributed by atoms with E-state index in [1.807, 2.05) is 53.2 Å². The zero-order valence-corrected chi connectivity index (χ0v) is 16.9. The molecular formula is C24H22N4O2. The Bertz CT molecular complexity index is 1270. The second-order valence-corrected chi connectivity index (χ2v) is 8.27. The number of anilines is 2. The Balaban J connectivity index is 1.53. The van der Waals surface area contributed by atoms with E-state index < -0.39 is 5.60 Å². The highest BCUT2D eigenvalue weighted by molar-refractivity contribution is 5.88. The second kappa shape index (κ2) is 6.78. The summed E-state index contributed by atoms with van der Waals surface area (Å²) >= 11 is 0. The van der Waals surface area contributed by atoms with Crippen molar-refractivity contribution >= 4 is 22.9 Å². The van der Waals surface area contributed by atoms with Gasteiger partial charge in [0, 0.05) is 42.7 Å². The van der Waals surface area contributed by atoms with Gasteiger partial charge in [-0.1, -0.05) is 24.3 Å². The Labute approximate surface area is 174 Å². The Kier molecular flexibility index (Phi) is 4.18. The first kappa shape index (κ1) is 18.5. The van der Waals surface area contributed by atoms with Gasteiger partial charge in [-0.2, -0.15) is 0 Å². The first-order chi connectivity index (χ1) is 14.4. The lowest BCUT2D eigenvalue weighted by Gasteiger charge is -2.18. The number of carbonyl (C=O) groups is 1. The lowest BCUT2D eigenvalue weighted by atomic mass is 9.98. The van der Waals surface area contributed by atoms with Gasteiger partial charge >= 0.3 is 0 Å². The first-order valence-corrected chi connectivity index (χ1v) is 9.94. The second-order valence-electron chi connectivity index (χ2n) is 8.27. The highest BCUT2D eigenvalue weighted by atomic mass is 16.3. The number of hydrogen-bond donors (Lipinski definition) is 2. The van der Waals surface area contributed by atoms with Crippen molar-refractivity contribution in [3.63, 3.8) is 0 Å². The van der Waals surface area contributed by atoms with Crippen molar-refractivity contribution in [3.05, 3.63) is 77.7 Å². The molecule has 2 aromatic carbocycles. The number of ketones is 1. The molecule has 0 radical (unpaired) electrons. The molecule has 0 spiro atoms. The maximum absolute atomic E-state index is 11.8. The van der Waals surface area contributed by atoms with E-state index in [-0.39, 0.29) is 5.78 Å². The topological polar surface area (TPSA) is 79.5 Å². The van der Waals surface area contributed by atoms with Crippen LogP contribution in [-0.4, -0.2) is 25.3 Å². The summed E-state index contributed by atoms with van der Waals surface area (Å²) < 4.78 is 1.94. The number of aliphatic hydroxyl groups is 1. The largest absolute Gasteiger partial charge is 0.386 e. The Morgan fingerprint density at radius 1 is 1.07 bits per heavy atom. The number of imidazole rings is 1. The number of hydrogen-bond acceptors (Lipinski definition) is 5. The molecule has 2 aromatic heterocycles. The average Bonchev–Trinajstić information content (AvgIpc) is 3.32. The van der Waals surface area contributed by atoms with Gasteiger partial charge in [0.1, 0.15) is 5.78 Å². The minimum Gasteiger partial charge on any atom is -0.386 e. The summed E-state index contributed by atoms with van der Waals surface area (Å²) in [6, 6.07) is 13.7. The van der Waals surface area contributed by atoms with E-state index in [1.54, 1.807) is 20.0 Å². The molecule has 0 unspecified atom stereocenters. The van der Waals surface area contributed by atoms with Crippen LogP contribution in [0.25, 0.3) is 16.9 Å². The standard InChI is InChI=1S/C24H22N4O2/c1-24(2,30)18-5-7-19(8-6-18)26-22-23-25-9-10-28(23)14-21(27-22)16-4-3-15-12-20(29)13-17(15)11-16/h3-11,14,30H,12-13H2,1-2H3,(H,26,27). The highest BCUT2D eigenvalue weighted by Crippen LogP contribution is 2.29. The van der Waals surface area contributed by atoms with E-state index >= 15 is 0 Å². The van der Waals surface area contributed by atoms with E-state index in [0.717, 1.165) is 39.3 Å². The molecule has 30 heavy (non-hydrogen) atoms. The van der Waals surface area contributed by atoms with Crippen molar-refractivity contribution < 1.29 is 9.90 Å². The van der Waals surface area contributed by atoms with Gasteiger partial charge in [0.2, 0.25) is 0 Å². The van der Waals surface area contributed by atoms with Crippen LogP contribution in [0, 0.1) is 0 Å². The molecule has 0 saturated carbocycles. The maximum atomic E-state index is 11.8. The maximum Gasteiger partial charge on any atom is 0.180 e. The molecule has 1 aliphatic carbocycles. The van der Waals surface area contributed by atoms with Crippen LogP contribution in [-0.2, 0) is 23.2 Å². The molecule has 0 bridgehead atoms.